The highest BCUT2D eigenvalue weighted by Gasteiger charge is 2.40. The van der Waals surface area contributed by atoms with Crippen LogP contribution in [-0.4, -0.2) is 13.6 Å². The molecule has 1 fully saturated rings. The number of nitrogens with one attached hydrogen (secondary N) is 1. The molecule has 0 radical (unpaired) electrons. The summed E-state index contributed by atoms with van der Waals surface area (Å²) in [4.78, 5) is 0. The van der Waals surface area contributed by atoms with Gasteiger partial charge in [-0.05, 0) is 43.5 Å². The topological polar surface area (TPSA) is 12.0 Å². The molecule has 0 spiro atoms. The van der Waals surface area contributed by atoms with E-state index in [2.05, 4.69) is 30.4 Å². The molecule has 0 saturated heterocycles. The molecule has 1 aliphatic carbocycles. The lowest BCUT2D eigenvalue weighted by Crippen LogP contribution is -2.39. The molecule has 88 valence electrons. The van der Waals surface area contributed by atoms with E-state index in [1.165, 1.54) is 24.8 Å². The van der Waals surface area contributed by atoms with Gasteiger partial charge in [0.2, 0.25) is 0 Å². The Kier molecular flexibility index (Phi) is 3.56. The van der Waals surface area contributed by atoms with Gasteiger partial charge >= 0.3 is 0 Å². The maximum Gasteiger partial charge on any atom is 0.0408 e. The minimum absolute atomic E-state index is 0.291. The van der Waals surface area contributed by atoms with Crippen LogP contribution in [0.4, 0.5) is 0 Å². The van der Waals surface area contributed by atoms with Gasteiger partial charge in [-0.15, -0.1) is 0 Å². The number of hydrogen-bond donors (Lipinski definition) is 1. The zero-order valence-electron chi connectivity index (χ0n) is 10.1. The third-order valence-electron chi connectivity index (χ3n) is 4.10. The Labute approximate surface area is 103 Å². The quantitative estimate of drug-likeness (QED) is 0.847. The second-order valence-corrected chi connectivity index (χ2v) is 5.43. The Morgan fingerprint density at radius 1 is 1.50 bits per heavy atom. The predicted molar refractivity (Wildman–Crippen MR) is 70.1 cm³/mol. The zero-order valence-corrected chi connectivity index (χ0v) is 10.8. The molecule has 2 atom stereocenters. The van der Waals surface area contributed by atoms with Crippen molar-refractivity contribution in [2.75, 3.05) is 13.6 Å². The molecule has 1 N–H and O–H groups in total. The Bertz CT molecular complexity index is 364. The summed E-state index contributed by atoms with van der Waals surface area (Å²) in [5.74, 6) is 0.735. The van der Waals surface area contributed by atoms with Gasteiger partial charge in [-0.25, -0.2) is 0 Å². The highest BCUT2D eigenvalue weighted by molar-refractivity contribution is 6.30. The van der Waals surface area contributed by atoms with Crippen molar-refractivity contribution in [3.63, 3.8) is 0 Å². The fraction of sp³-hybridized carbons (Fsp3) is 0.571. The summed E-state index contributed by atoms with van der Waals surface area (Å²) in [6, 6.07) is 8.39. The van der Waals surface area contributed by atoms with Gasteiger partial charge < -0.3 is 5.32 Å². The predicted octanol–water partition coefficient (Wildman–Crippen LogP) is 3.62. The first-order valence-electron chi connectivity index (χ1n) is 6.10. The standard InChI is InChI=1S/C14H20ClN/c1-11-5-4-8-14(11,10-16-2)12-6-3-7-13(15)9-12/h3,6-7,9,11,16H,4-5,8,10H2,1-2H3. The number of benzene rings is 1. The largest absolute Gasteiger partial charge is 0.319 e. The Morgan fingerprint density at radius 2 is 2.31 bits per heavy atom. The molecule has 0 bridgehead atoms. The summed E-state index contributed by atoms with van der Waals surface area (Å²) in [7, 11) is 2.04. The first-order valence-corrected chi connectivity index (χ1v) is 6.47. The summed E-state index contributed by atoms with van der Waals surface area (Å²) < 4.78 is 0. The average Bonchev–Trinajstić information content (AvgIpc) is 2.62. The summed E-state index contributed by atoms with van der Waals surface area (Å²) in [5.41, 5.74) is 1.69. The van der Waals surface area contributed by atoms with E-state index in [9.17, 15) is 0 Å². The number of hydrogen-bond acceptors (Lipinski definition) is 1. The van der Waals surface area contributed by atoms with Gasteiger partial charge in [0, 0.05) is 17.0 Å². The van der Waals surface area contributed by atoms with Crippen molar-refractivity contribution in [1.82, 2.24) is 5.32 Å². The molecule has 0 aliphatic heterocycles. The lowest BCUT2D eigenvalue weighted by Gasteiger charge is -2.34. The van der Waals surface area contributed by atoms with Crippen molar-refractivity contribution >= 4 is 11.6 Å². The van der Waals surface area contributed by atoms with Crippen LogP contribution < -0.4 is 5.32 Å². The Balaban J connectivity index is 2.39. The van der Waals surface area contributed by atoms with E-state index in [-0.39, 0.29) is 0 Å². The van der Waals surface area contributed by atoms with Crippen LogP contribution in [0.1, 0.15) is 31.7 Å². The lowest BCUT2D eigenvalue weighted by molar-refractivity contribution is 0.326. The summed E-state index contributed by atoms with van der Waals surface area (Å²) >= 11 is 6.11. The van der Waals surface area contributed by atoms with Crippen molar-refractivity contribution in [3.8, 4) is 0 Å². The monoisotopic (exact) mass is 237 g/mol. The highest BCUT2D eigenvalue weighted by atomic mass is 35.5. The maximum atomic E-state index is 6.11. The van der Waals surface area contributed by atoms with E-state index in [1.54, 1.807) is 0 Å². The first kappa shape index (κ1) is 11.9. The fourth-order valence-electron chi connectivity index (χ4n) is 3.15. The average molecular weight is 238 g/mol. The van der Waals surface area contributed by atoms with Crippen LogP contribution >= 0.6 is 11.6 Å². The van der Waals surface area contributed by atoms with Gasteiger partial charge in [0.15, 0.2) is 0 Å². The van der Waals surface area contributed by atoms with Gasteiger partial charge in [-0.3, -0.25) is 0 Å². The highest BCUT2D eigenvalue weighted by Crippen LogP contribution is 2.45. The van der Waals surface area contributed by atoms with E-state index in [0.717, 1.165) is 17.5 Å². The maximum absolute atomic E-state index is 6.11. The van der Waals surface area contributed by atoms with Crippen molar-refractivity contribution in [2.45, 2.75) is 31.6 Å². The van der Waals surface area contributed by atoms with Crippen molar-refractivity contribution in [1.29, 1.82) is 0 Å². The molecular weight excluding hydrogens is 218 g/mol. The molecule has 0 amide bonds. The number of halogens is 1. The number of likely N-dealkylation sites (N-methyl/N-ethyl adjacent to an activating group) is 1. The van der Waals surface area contributed by atoms with E-state index >= 15 is 0 Å². The molecule has 0 heterocycles. The second-order valence-electron chi connectivity index (χ2n) is 4.99. The third-order valence-corrected chi connectivity index (χ3v) is 4.33. The number of rotatable bonds is 3. The summed E-state index contributed by atoms with van der Waals surface area (Å²) in [6.45, 7) is 3.42. The SMILES string of the molecule is CNCC1(c2cccc(Cl)c2)CCCC1C. The Morgan fingerprint density at radius 3 is 2.88 bits per heavy atom. The van der Waals surface area contributed by atoms with Crippen molar-refractivity contribution in [2.24, 2.45) is 5.92 Å². The van der Waals surface area contributed by atoms with E-state index in [0.29, 0.717) is 5.41 Å². The molecule has 1 aliphatic rings. The second kappa shape index (κ2) is 4.77. The summed E-state index contributed by atoms with van der Waals surface area (Å²) in [5, 5.41) is 4.21. The van der Waals surface area contributed by atoms with Crippen LogP contribution in [-0.2, 0) is 5.41 Å². The lowest BCUT2D eigenvalue weighted by atomic mass is 9.73. The molecular formula is C14H20ClN. The van der Waals surface area contributed by atoms with Gasteiger partial charge in [-0.2, -0.15) is 0 Å². The molecule has 1 saturated carbocycles. The molecule has 0 aromatic heterocycles. The van der Waals surface area contributed by atoms with Gasteiger partial charge in [0.25, 0.3) is 0 Å². The summed E-state index contributed by atoms with van der Waals surface area (Å²) in [6.07, 6.45) is 3.93. The van der Waals surface area contributed by atoms with Crippen LogP contribution in [0.2, 0.25) is 5.02 Å². The molecule has 1 aromatic rings. The van der Waals surface area contributed by atoms with Crippen LogP contribution in [0.3, 0.4) is 0 Å². The van der Waals surface area contributed by atoms with Crippen LogP contribution in [0.15, 0.2) is 24.3 Å². The smallest absolute Gasteiger partial charge is 0.0408 e. The fourth-order valence-corrected chi connectivity index (χ4v) is 3.34. The van der Waals surface area contributed by atoms with Gasteiger partial charge in [-0.1, -0.05) is 37.1 Å². The zero-order chi connectivity index (χ0) is 11.6. The molecule has 2 rings (SSSR count). The van der Waals surface area contributed by atoms with Crippen LogP contribution in [0.5, 0.6) is 0 Å². The normalized spacial score (nSPS) is 29.6. The minimum Gasteiger partial charge on any atom is -0.319 e. The minimum atomic E-state index is 0.291. The Hall–Kier alpha value is -0.530. The van der Waals surface area contributed by atoms with Crippen molar-refractivity contribution in [3.05, 3.63) is 34.9 Å². The third kappa shape index (κ3) is 1.99. The molecule has 2 unspecified atom stereocenters. The first-order chi connectivity index (χ1) is 7.69. The van der Waals surface area contributed by atoms with E-state index in [4.69, 9.17) is 11.6 Å². The molecule has 1 nitrogen and oxygen atoms in total. The van der Waals surface area contributed by atoms with Gasteiger partial charge in [0.05, 0.1) is 0 Å². The van der Waals surface area contributed by atoms with Crippen molar-refractivity contribution < 1.29 is 0 Å². The molecule has 2 heteroatoms. The van der Waals surface area contributed by atoms with Crippen LogP contribution in [0.25, 0.3) is 0 Å². The molecule has 1 aromatic carbocycles. The molecule has 16 heavy (non-hydrogen) atoms. The van der Waals surface area contributed by atoms with Crippen LogP contribution in [0, 0.1) is 5.92 Å². The van der Waals surface area contributed by atoms with E-state index in [1.807, 2.05) is 13.1 Å². The van der Waals surface area contributed by atoms with Gasteiger partial charge in [0.1, 0.15) is 0 Å². The van der Waals surface area contributed by atoms with E-state index < -0.39 is 0 Å².